The van der Waals surface area contributed by atoms with Crippen molar-refractivity contribution < 1.29 is 19.1 Å². The van der Waals surface area contributed by atoms with Gasteiger partial charge in [0.05, 0.1) is 30.2 Å². The van der Waals surface area contributed by atoms with Crippen molar-refractivity contribution in [2.45, 2.75) is 40.7 Å². The molecule has 0 aliphatic carbocycles. The van der Waals surface area contributed by atoms with Crippen LogP contribution in [0.1, 0.15) is 64.9 Å². The first kappa shape index (κ1) is 25.6. The molecule has 2 aromatic rings. The van der Waals surface area contributed by atoms with Gasteiger partial charge in [0.25, 0.3) is 5.91 Å². The molecule has 1 aromatic carbocycles. The number of hydrogen-bond donors (Lipinski definition) is 2. The van der Waals surface area contributed by atoms with Crippen LogP contribution in [-0.2, 0) is 4.74 Å². The number of carbonyl (C=O) groups is 2. The normalized spacial score (nSPS) is 11.4. The fourth-order valence-electron chi connectivity index (χ4n) is 3.25. The average molecular weight is 478 g/mol. The summed E-state index contributed by atoms with van der Waals surface area (Å²) in [5.41, 5.74) is 1.94. The molecule has 9 heteroatoms. The summed E-state index contributed by atoms with van der Waals surface area (Å²) in [6.45, 7) is 11.3. The molecule has 0 spiro atoms. The SMILES string of the molecule is CCOc1ccc(C(C)NC(=S)Nc2sc(C(=O)N(CC)CC)c(C)c2C(=O)OC)cc1. The Balaban J connectivity index is 2.22. The van der Waals surface area contributed by atoms with Gasteiger partial charge in [-0.1, -0.05) is 12.1 Å². The van der Waals surface area contributed by atoms with E-state index in [1.54, 1.807) is 11.8 Å². The van der Waals surface area contributed by atoms with Gasteiger partial charge in [0.15, 0.2) is 5.11 Å². The molecule has 2 N–H and O–H groups in total. The Labute approximate surface area is 199 Å². The Morgan fingerprint density at radius 1 is 1.16 bits per heavy atom. The Kier molecular flexibility index (Phi) is 9.46. The van der Waals surface area contributed by atoms with Gasteiger partial charge in [0.1, 0.15) is 10.8 Å². The number of benzene rings is 1. The number of esters is 1. The van der Waals surface area contributed by atoms with E-state index in [2.05, 4.69) is 10.6 Å². The molecule has 1 aromatic heterocycles. The molecule has 0 radical (unpaired) electrons. The maximum absolute atomic E-state index is 12.9. The number of ether oxygens (including phenoxy) is 2. The highest BCUT2D eigenvalue weighted by atomic mass is 32.1. The monoisotopic (exact) mass is 477 g/mol. The molecule has 0 fully saturated rings. The number of thiocarbonyl (C=S) groups is 1. The standard InChI is InChI=1S/C23H31N3O4S2/c1-7-26(8-2)21(27)19-14(4)18(22(28)29-6)20(32-19)25-23(31)24-15(5)16-10-12-17(13-11-16)30-9-3/h10-13,15H,7-9H2,1-6H3,(H2,24,25,31). The molecule has 1 heterocycles. The molecular weight excluding hydrogens is 446 g/mol. The van der Waals surface area contributed by atoms with Crippen molar-refractivity contribution in [2.24, 2.45) is 0 Å². The molecule has 0 saturated carbocycles. The molecule has 1 amide bonds. The predicted octanol–water partition coefficient (Wildman–Crippen LogP) is 4.77. The fourth-order valence-corrected chi connectivity index (χ4v) is 4.76. The van der Waals surface area contributed by atoms with Crippen molar-refractivity contribution in [1.82, 2.24) is 10.2 Å². The minimum Gasteiger partial charge on any atom is -0.494 e. The molecule has 0 aliphatic heterocycles. The third-order valence-corrected chi connectivity index (χ3v) is 6.46. The predicted molar refractivity (Wildman–Crippen MR) is 133 cm³/mol. The van der Waals surface area contributed by atoms with Crippen molar-refractivity contribution in [3.8, 4) is 5.75 Å². The van der Waals surface area contributed by atoms with E-state index in [0.29, 0.717) is 45.8 Å². The highest BCUT2D eigenvalue weighted by molar-refractivity contribution is 7.80. The lowest BCUT2D eigenvalue weighted by molar-refractivity contribution is 0.0601. The van der Waals surface area contributed by atoms with E-state index in [1.807, 2.05) is 52.0 Å². The van der Waals surface area contributed by atoms with Gasteiger partial charge in [-0.3, -0.25) is 4.79 Å². The van der Waals surface area contributed by atoms with Crippen molar-refractivity contribution in [2.75, 3.05) is 32.1 Å². The van der Waals surface area contributed by atoms with Crippen molar-refractivity contribution in [3.05, 3.63) is 45.8 Å². The summed E-state index contributed by atoms with van der Waals surface area (Å²) in [4.78, 5) is 27.6. The molecule has 7 nitrogen and oxygen atoms in total. The molecule has 174 valence electrons. The summed E-state index contributed by atoms with van der Waals surface area (Å²) in [6.07, 6.45) is 0. The van der Waals surface area contributed by atoms with E-state index in [-0.39, 0.29) is 11.9 Å². The van der Waals surface area contributed by atoms with Crippen LogP contribution < -0.4 is 15.4 Å². The third kappa shape index (κ3) is 5.98. The molecule has 32 heavy (non-hydrogen) atoms. The summed E-state index contributed by atoms with van der Waals surface area (Å²) in [7, 11) is 1.32. The van der Waals surface area contributed by atoms with Gasteiger partial charge in [-0.05, 0) is 70.1 Å². The molecule has 1 unspecified atom stereocenters. The first-order valence-electron chi connectivity index (χ1n) is 10.6. The highest BCUT2D eigenvalue weighted by Gasteiger charge is 2.27. The van der Waals surface area contributed by atoms with E-state index in [1.165, 1.54) is 18.4 Å². The second-order valence-corrected chi connectivity index (χ2v) is 8.48. The largest absolute Gasteiger partial charge is 0.494 e. The van der Waals surface area contributed by atoms with E-state index in [4.69, 9.17) is 21.7 Å². The van der Waals surface area contributed by atoms with Crippen molar-refractivity contribution in [1.29, 1.82) is 0 Å². The van der Waals surface area contributed by atoms with Crippen LogP contribution in [0.25, 0.3) is 0 Å². The quantitative estimate of drug-likeness (QED) is 0.398. The fraction of sp³-hybridized carbons (Fsp3) is 0.435. The Hall–Kier alpha value is -2.65. The van der Waals surface area contributed by atoms with Gasteiger partial charge < -0.3 is 25.0 Å². The lowest BCUT2D eigenvalue weighted by atomic mass is 10.1. The number of thiophene rings is 1. The Morgan fingerprint density at radius 3 is 2.31 bits per heavy atom. The number of amides is 1. The van der Waals surface area contributed by atoms with Crippen LogP contribution in [0.3, 0.4) is 0 Å². The minimum atomic E-state index is -0.512. The van der Waals surface area contributed by atoms with E-state index in [9.17, 15) is 9.59 Å². The zero-order chi connectivity index (χ0) is 23.8. The Bertz CT molecular complexity index is 953. The molecule has 1 atom stereocenters. The average Bonchev–Trinajstić information content (AvgIpc) is 3.10. The Morgan fingerprint density at radius 2 is 1.78 bits per heavy atom. The zero-order valence-electron chi connectivity index (χ0n) is 19.4. The number of nitrogens with one attached hydrogen (secondary N) is 2. The van der Waals surface area contributed by atoms with E-state index < -0.39 is 5.97 Å². The van der Waals surface area contributed by atoms with Crippen LogP contribution in [0.4, 0.5) is 5.00 Å². The van der Waals surface area contributed by atoms with Gasteiger partial charge >= 0.3 is 5.97 Å². The van der Waals surface area contributed by atoms with E-state index >= 15 is 0 Å². The smallest absolute Gasteiger partial charge is 0.341 e. The topological polar surface area (TPSA) is 79.9 Å². The van der Waals surface area contributed by atoms with Crippen LogP contribution in [0, 0.1) is 6.92 Å². The number of carbonyl (C=O) groups excluding carboxylic acids is 2. The summed E-state index contributed by atoms with van der Waals surface area (Å²) in [5, 5.41) is 7.15. The number of methoxy groups -OCH3 is 1. The number of anilines is 1. The summed E-state index contributed by atoms with van der Waals surface area (Å²) >= 11 is 6.70. The lowest BCUT2D eigenvalue weighted by Gasteiger charge is -2.18. The van der Waals surface area contributed by atoms with Crippen molar-refractivity contribution in [3.63, 3.8) is 0 Å². The molecule has 0 aliphatic rings. The van der Waals surface area contributed by atoms with Crippen molar-refractivity contribution >= 4 is 45.5 Å². The zero-order valence-corrected chi connectivity index (χ0v) is 21.0. The number of nitrogens with zero attached hydrogens (tertiary/aromatic N) is 1. The maximum Gasteiger partial charge on any atom is 0.341 e. The van der Waals surface area contributed by atoms with Crippen LogP contribution >= 0.6 is 23.6 Å². The minimum absolute atomic E-state index is 0.0786. The van der Waals surface area contributed by atoms with E-state index in [0.717, 1.165) is 11.3 Å². The maximum atomic E-state index is 12.9. The summed E-state index contributed by atoms with van der Waals surface area (Å²) in [6, 6.07) is 7.69. The van der Waals surface area contributed by atoms with Crippen LogP contribution in [0.15, 0.2) is 24.3 Å². The van der Waals surface area contributed by atoms with Gasteiger partial charge in [0.2, 0.25) is 0 Å². The first-order valence-corrected chi connectivity index (χ1v) is 11.8. The van der Waals surface area contributed by atoms with Gasteiger partial charge in [-0.2, -0.15) is 0 Å². The second kappa shape index (κ2) is 11.8. The lowest BCUT2D eigenvalue weighted by Crippen LogP contribution is -2.31. The second-order valence-electron chi connectivity index (χ2n) is 7.05. The van der Waals surface area contributed by atoms with Crippen LogP contribution in [0.5, 0.6) is 5.75 Å². The molecule has 0 saturated heterocycles. The summed E-state index contributed by atoms with van der Waals surface area (Å²) in [5.74, 6) is 0.186. The summed E-state index contributed by atoms with van der Waals surface area (Å²) < 4.78 is 10.4. The van der Waals surface area contributed by atoms with Gasteiger partial charge in [-0.25, -0.2) is 4.79 Å². The number of rotatable bonds is 9. The molecular formula is C23H31N3O4S2. The van der Waals surface area contributed by atoms with Gasteiger partial charge in [0, 0.05) is 13.1 Å². The third-order valence-electron chi connectivity index (χ3n) is 5.05. The molecule has 2 rings (SSSR count). The number of hydrogen-bond acceptors (Lipinski definition) is 6. The molecule has 0 bridgehead atoms. The first-order chi connectivity index (χ1) is 15.3. The highest BCUT2D eigenvalue weighted by Crippen LogP contribution is 2.34. The van der Waals surface area contributed by atoms with Crippen LogP contribution in [-0.4, -0.2) is 48.7 Å². The van der Waals surface area contributed by atoms with Crippen LogP contribution in [0.2, 0.25) is 0 Å². The van der Waals surface area contributed by atoms with Gasteiger partial charge in [-0.15, -0.1) is 11.3 Å².